The van der Waals surface area contributed by atoms with Crippen LogP contribution >= 0.6 is 0 Å². The van der Waals surface area contributed by atoms with Crippen molar-refractivity contribution in [3.8, 4) is 0 Å². The molecule has 284 valence electrons. The Balaban J connectivity index is 1.70. The molecule has 6 heterocycles. The van der Waals surface area contributed by atoms with Gasteiger partial charge in [-0.1, -0.05) is 0 Å². The third-order valence-corrected chi connectivity index (χ3v) is 55.5. The molecule has 0 spiro atoms. The molecule has 0 N–H and O–H groups in total. The van der Waals surface area contributed by atoms with Gasteiger partial charge in [0.2, 0.25) is 0 Å². The number of rotatable bonds is 11. The Morgan fingerprint density at radius 3 is 0.396 bits per heavy atom. The largest absolute Gasteiger partial charge is 0.507 e. The van der Waals surface area contributed by atoms with Gasteiger partial charge in [0.05, 0.1) is 0 Å². The molecule has 6 rings (SSSR count). The Morgan fingerprint density at radius 1 is 0.208 bits per heavy atom. The molecule has 0 aliphatic carbocycles. The highest BCUT2D eigenvalue weighted by atomic mass is 28.6. The van der Waals surface area contributed by atoms with E-state index in [4.69, 9.17) is 74.1 Å². The highest BCUT2D eigenvalue weighted by Crippen LogP contribution is 2.50. The summed E-state index contributed by atoms with van der Waals surface area (Å²) >= 11 is 0. The van der Waals surface area contributed by atoms with Gasteiger partial charge in [-0.05, 0) is 62.7 Å². The Labute approximate surface area is 319 Å². The summed E-state index contributed by atoms with van der Waals surface area (Å²) in [6.07, 6.45) is 0. The highest BCUT2D eigenvalue weighted by Gasteiger charge is 2.82. The van der Waals surface area contributed by atoms with Gasteiger partial charge in [0.25, 0.3) is 0 Å². The normalized spacial score (nSPS) is 53.8. The molecule has 0 aromatic heterocycles. The Kier molecular flexibility index (Phi) is 9.69. The molecule has 0 amide bonds. The molecule has 6 aliphatic rings. The van der Waals surface area contributed by atoms with E-state index < -0.39 is 106 Å². The summed E-state index contributed by atoms with van der Waals surface area (Å²) in [6, 6.07) is 0. The zero-order chi connectivity index (χ0) is 38.5. The van der Waals surface area contributed by atoms with Crippen molar-refractivity contribution in [1.29, 1.82) is 0 Å². The first-order chi connectivity index (χ1) is 24.9. The van der Waals surface area contributed by atoms with E-state index in [1.807, 2.05) is 0 Å². The summed E-state index contributed by atoms with van der Waals surface area (Å²) in [5.41, 5.74) is 14.0. The number of fused-ring (bicyclic) bond motifs is 12. The lowest BCUT2D eigenvalue weighted by molar-refractivity contribution is -0.00429. The van der Waals surface area contributed by atoms with Gasteiger partial charge in [0.15, 0.2) is 0 Å². The molecular formula is C23H36O18Si12. The Bertz CT molecular complexity index is 1610. The second-order valence-corrected chi connectivity index (χ2v) is 45.8. The fourth-order valence-corrected chi connectivity index (χ4v) is 66.4. The second kappa shape index (κ2) is 12.8. The topological polar surface area (TPSA) is 166 Å². The fourth-order valence-electron chi connectivity index (χ4n) is 5.87. The molecule has 0 radical (unpaired) electrons. The van der Waals surface area contributed by atoms with Crippen LogP contribution in [0.4, 0.5) is 0 Å². The van der Waals surface area contributed by atoms with E-state index >= 15 is 0 Å². The van der Waals surface area contributed by atoms with Crippen molar-refractivity contribution >= 4 is 106 Å². The lowest BCUT2D eigenvalue weighted by atomic mass is 11.3. The van der Waals surface area contributed by atoms with Crippen molar-refractivity contribution in [2.24, 2.45) is 0 Å². The van der Waals surface area contributed by atoms with E-state index in [1.54, 1.807) is 0 Å². The molecule has 6 aliphatic heterocycles. The zero-order valence-electron chi connectivity index (χ0n) is 28.5. The van der Waals surface area contributed by atoms with Gasteiger partial charge >= 0.3 is 106 Å². The average molecular weight is 938 g/mol. The first kappa shape index (κ1) is 40.2. The Morgan fingerprint density at radius 2 is 0.302 bits per heavy atom. The minimum absolute atomic E-state index is 1.27. The molecular weight excluding hydrogens is 901 g/mol. The molecule has 12 bridgehead atoms. The van der Waals surface area contributed by atoms with Crippen LogP contribution in [0, 0.1) is 0 Å². The quantitative estimate of drug-likeness (QED) is 0.277. The third-order valence-electron chi connectivity index (χ3n) is 8.00. The highest BCUT2D eigenvalue weighted by molar-refractivity contribution is 7.08. The molecule has 8 atom stereocenters. The van der Waals surface area contributed by atoms with Crippen molar-refractivity contribution in [2.45, 2.75) is 6.55 Å². The second-order valence-electron chi connectivity index (χ2n) is 11.6. The molecule has 8 unspecified atom stereocenters. The first-order valence-corrected chi connectivity index (χ1v) is 37.6. The van der Waals surface area contributed by atoms with E-state index in [-0.39, 0.29) is 0 Å². The van der Waals surface area contributed by atoms with Crippen LogP contribution < -0.4 is 0 Å². The molecule has 6 saturated heterocycles. The molecule has 18 nitrogen and oxygen atoms in total. The summed E-state index contributed by atoms with van der Waals surface area (Å²) in [5, 5.41) is 0. The van der Waals surface area contributed by atoms with Crippen LogP contribution in [0.5, 0.6) is 0 Å². The van der Waals surface area contributed by atoms with Gasteiger partial charge in [0.1, 0.15) is 0 Å². The van der Waals surface area contributed by atoms with E-state index in [2.05, 4.69) is 72.4 Å². The van der Waals surface area contributed by atoms with E-state index in [1.165, 1.54) is 69.2 Å². The van der Waals surface area contributed by atoms with Crippen LogP contribution in [0.15, 0.2) is 135 Å². The van der Waals surface area contributed by atoms with Crippen molar-refractivity contribution in [3.63, 3.8) is 0 Å². The van der Waals surface area contributed by atoms with Crippen LogP contribution in [0.3, 0.4) is 0 Å². The van der Waals surface area contributed by atoms with Crippen molar-refractivity contribution in [2.75, 3.05) is 0 Å². The van der Waals surface area contributed by atoms with E-state index in [9.17, 15) is 0 Å². The minimum atomic E-state index is -4.66. The zero-order valence-corrected chi connectivity index (χ0v) is 40.5. The van der Waals surface area contributed by atoms with Crippen LogP contribution in [0.1, 0.15) is 0 Å². The van der Waals surface area contributed by atoms with Crippen molar-refractivity contribution in [1.82, 2.24) is 0 Å². The maximum atomic E-state index is 6.89. The van der Waals surface area contributed by atoms with Crippen LogP contribution in [0.25, 0.3) is 0 Å². The fraction of sp³-hybridized carbons (Fsp3) is 0.0435. The third kappa shape index (κ3) is 6.25. The molecule has 0 saturated carbocycles. The molecule has 30 heteroatoms. The van der Waals surface area contributed by atoms with Gasteiger partial charge in [-0.3, -0.25) is 0 Å². The molecule has 0 aromatic carbocycles. The summed E-state index contributed by atoms with van der Waals surface area (Å²) in [5.74, 6) is 0. The summed E-state index contributed by atoms with van der Waals surface area (Å²) in [6.45, 7) is 45.7. The monoisotopic (exact) mass is 936 g/mol. The predicted octanol–water partition coefficient (Wildman–Crippen LogP) is 2.25. The van der Waals surface area contributed by atoms with Crippen LogP contribution in [-0.2, 0) is 74.1 Å². The SMILES string of the molecule is C=C[Si]12O[Si]3(C)O[Si]4(C=C)O[Si](C=C)(O1)O[Si]1(C=C)O[Si](C=C)(O4)O[Si]4(C=C)O[Si]5(C=C)O[Si](C=C)(O3)O[Si](C=C)(O2)O[Si](C=C)(O5)O[Si](C=C)(O1)O4. The first-order valence-electron chi connectivity index (χ1n) is 15.5. The average Bonchev–Trinajstić information content (AvgIpc) is 3.10. The summed E-state index contributed by atoms with van der Waals surface area (Å²) in [7, 11) is -55.3. The van der Waals surface area contributed by atoms with Crippen molar-refractivity contribution < 1.29 is 74.1 Å². The molecule has 53 heavy (non-hydrogen) atoms. The van der Waals surface area contributed by atoms with Crippen LogP contribution in [0.2, 0.25) is 6.55 Å². The van der Waals surface area contributed by atoms with Gasteiger partial charge in [-0.2, -0.15) is 0 Å². The summed E-state index contributed by atoms with van der Waals surface area (Å²) < 4.78 is 124. The number of hydrogen-bond donors (Lipinski definition) is 0. The van der Waals surface area contributed by atoms with Gasteiger partial charge in [-0.25, -0.2) is 0 Å². The standard InChI is InChI=1S/C23H36O18Si12/c1-13-43-24-42(12)25-44(14-2)29-46(16-4,27-43)33-50(20-8)35-48(18-6,31-44)37-52(22-10)38-49(19-7)32-45(15-3,26-42)30-47(17-5,28-43)34-51(21-9,36-49)40-53(23-11,39-50)41-52/h13-23H,1-11H2,12H3. The molecule has 0 aromatic rings. The predicted molar refractivity (Wildman–Crippen MR) is 207 cm³/mol. The van der Waals surface area contributed by atoms with Gasteiger partial charge < -0.3 is 74.1 Å². The number of hydrogen-bond acceptors (Lipinski definition) is 18. The van der Waals surface area contributed by atoms with Crippen molar-refractivity contribution in [3.05, 3.63) is 135 Å². The van der Waals surface area contributed by atoms with E-state index in [0.29, 0.717) is 0 Å². The lowest BCUT2D eigenvalue weighted by Gasteiger charge is -2.60. The van der Waals surface area contributed by atoms with Gasteiger partial charge in [-0.15, -0.1) is 72.4 Å². The summed E-state index contributed by atoms with van der Waals surface area (Å²) in [4.78, 5) is 0. The van der Waals surface area contributed by atoms with E-state index in [0.717, 1.165) is 0 Å². The minimum Gasteiger partial charge on any atom is -0.370 e. The maximum Gasteiger partial charge on any atom is 0.507 e. The van der Waals surface area contributed by atoms with Crippen LogP contribution in [-0.4, -0.2) is 106 Å². The van der Waals surface area contributed by atoms with Gasteiger partial charge in [0, 0.05) is 6.55 Å². The molecule has 6 fully saturated rings. The smallest absolute Gasteiger partial charge is 0.370 e. The Hall–Kier alpha value is -0.977. The lowest BCUT2D eigenvalue weighted by Crippen LogP contribution is -2.87. The maximum absolute atomic E-state index is 6.89.